The Bertz CT molecular complexity index is 915. The van der Waals surface area contributed by atoms with E-state index < -0.39 is 11.7 Å². The summed E-state index contributed by atoms with van der Waals surface area (Å²) in [6, 6.07) is 13.9. The van der Waals surface area contributed by atoms with Gasteiger partial charge in [0.1, 0.15) is 5.60 Å². The molecule has 5 heteroatoms. The lowest BCUT2D eigenvalue weighted by atomic mass is 9.77. The number of hydrogen-bond acceptors (Lipinski definition) is 2. The van der Waals surface area contributed by atoms with E-state index in [1.807, 2.05) is 58.0 Å². The van der Waals surface area contributed by atoms with Crippen molar-refractivity contribution in [3.05, 3.63) is 74.8 Å². The van der Waals surface area contributed by atoms with Gasteiger partial charge in [0, 0.05) is 5.92 Å². The van der Waals surface area contributed by atoms with E-state index in [9.17, 15) is 4.79 Å². The first kappa shape index (κ1) is 20.8. The van der Waals surface area contributed by atoms with Gasteiger partial charge in [-0.15, -0.1) is 0 Å². The molecule has 148 valence electrons. The predicted octanol–water partition coefficient (Wildman–Crippen LogP) is 6.83. The van der Waals surface area contributed by atoms with Crippen molar-refractivity contribution in [2.45, 2.75) is 51.7 Å². The summed E-state index contributed by atoms with van der Waals surface area (Å²) in [7, 11) is 0. The van der Waals surface area contributed by atoms with Crippen molar-refractivity contribution in [2.24, 2.45) is 0 Å². The molecule has 2 unspecified atom stereocenters. The first-order valence-electron chi connectivity index (χ1n) is 9.38. The molecule has 1 N–H and O–H groups in total. The number of nitrogens with one attached hydrogen (secondary N) is 1. The van der Waals surface area contributed by atoms with Crippen molar-refractivity contribution in [3.8, 4) is 0 Å². The number of amides is 1. The molecule has 0 saturated heterocycles. The maximum Gasteiger partial charge on any atom is 0.408 e. The Hall–Kier alpha value is -1.97. The molecule has 2 atom stereocenters. The van der Waals surface area contributed by atoms with Crippen molar-refractivity contribution >= 4 is 35.4 Å². The molecule has 0 bridgehead atoms. The quantitative estimate of drug-likeness (QED) is 0.594. The van der Waals surface area contributed by atoms with Crippen molar-refractivity contribution in [1.29, 1.82) is 0 Å². The molecule has 0 spiro atoms. The van der Waals surface area contributed by atoms with Gasteiger partial charge in [-0.25, -0.2) is 4.79 Å². The van der Waals surface area contributed by atoms with E-state index >= 15 is 0 Å². The highest BCUT2D eigenvalue weighted by atomic mass is 35.5. The van der Waals surface area contributed by atoms with Gasteiger partial charge in [-0.05, 0) is 68.5 Å². The highest BCUT2D eigenvalue weighted by molar-refractivity contribution is 6.42. The Labute approximate surface area is 176 Å². The van der Waals surface area contributed by atoms with Crippen LogP contribution in [0.1, 0.15) is 56.7 Å². The zero-order valence-electron chi connectivity index (χ0n) is 16.6. The van der Waals surface area contributed by atoms with Gasteiger partial charge in [-0.3, -0.25) is 0 Å². The average molecular weight is 418 g/mol. The Balaban J connectivity index is 1.89. The van der Waals surface area contributed by atoms with E-state index in [2.05, 4.69) is 23.5 Å². The first-order chi connectivity index (χ1) is 13.1. The summed E-state index contributed by atoms with van der Waals surface area (Å²) in [5.41, 5.74) is 4.12. The number of ether oxygens (including phenoxy) is 1. The average Bonchev–Trinajstić information content (AvgIpc) is 2.61. The van der Waals surface area contributed by atoms with E-state index in [-0.39, 0.29) is 12.0 Å². The molecule has 1 amide bonds. The van der Waals surface area contributed by atoms with Crippen LogP contribution >= 0.6 is 23.2 Å². The number of hydrogen-bond donors (Lipinski definition) is 1. The van der Waals surface area contributed by atoms with Gasteiger partial charge >= 0.3 is 6.09 Å². The molecule has 1 aliphatic rings. The molecular weight excluding hydrogens is 393 g/mol. The number of halogens is 2. The maximum atomic E-state index is 12.2. The summed E-state index contributed by atoms with van der Waals surface area (Å²) in [5.74, 6) is 0.147. The summed E-state index contributed by atoms with van der Waals surface area (Å²) in [6.45, 7) is 7.55. The molecule has 3 nitrogen and oxygen atoms in total. The van der Waals surface area contributed by atoms with Gasteiger partial charge in [0.05, 0.1) is 16.1 Å². The fourth-order valence-corrected chi connectivity index (χ4v) is 3.78. The standard InChI is InChI=1S/C23H25Cl2NO2/c1-14(26-22(27)28-23(2,3)4)17-11-15-7-5-6-8-18(15)19(12-17)16-9-10-20(24)21(25)13-16/h5-11,13-14,19H,12H2,1-4H3,(H,26,27). The molecule has 2 aromatic carbocycles. The van der Waals surface area contributed by atoms with E-state index in [0.29, 0.717) is 10.0 Å². The second kappa shape index (κ2) is 8.18. The number of carbonyl (C=O) groups excluding carboxylic acids is 1. The predicted molar refractivity (Wildman–Crippen MR) is 116 cm³/mol. The van der Waals surface area contributed by atoms with E-state index in [0.717, 1.165) is 23.1 Å². The van der Waals surface area contributed by atoms with Crippen LogP contribution in [-0.2, 0) is 4.74 Å². The number of alkyl carbamates (subject to hydrolysis) is 1. The zero-order valence-corrected chi connectivity index (χ0v) is 18.1. The normalized spacial score (nSPS) is 17.4. The number of benzene rings is 2. The topological polar surface area (TPSA) is 38.3 Å². The van der Waals surface area contributed by atoms with Gasteiger partial charge in [0.15, 0.2) is 0 Å². The Kier molecular flexibility index (Phi) is 6.07. The molecule has 0 fully saturated rings. The second-order valence-electron chi connectivity index (χ2n) is 8.15. The minimum absolute atomic E-state index is 0.145. The van der Waals surface area contributed by atoms with E-state index in [4.69, 9.17) is 27.9 Å². The lowest BCUT2D eigenvalue weighted by molar-refractivity contribution is 0.0515. The molecule has 0 aliphatic heterocycles. The van der Waals surface area contributed by atoms with Gasteiger partial charge in [0.2, 0.25) is 0 Å². The van der Waals surface area contributed by atoms with Crippen LogP contribution in [0.25, 0.3) is 6.08 Å². The Morgan fingerprint density at radius 2 is 1.86 bits per heavy atom. The van der Waals surface area contributed by atoms with Crippen molar-refractivity contribution in [1.82, 2.24) is 5.32 Å². The summed E-state index contributed by atoms with van der Waals surface area (Å²) in [6.07, 6.45) is 2.53. The summed E-state index contributed by atoms with van der Waals surface area (Å²) in [5, 5.41) is 4.05. The molecule has 0 saturated carbocycles. The third kappa shape index (κ3) is 4.89. The fraction of sp³-hybridized carbons (Fsp3) is 0.348. The minimum atomic E-state index is -0.528. The van der Waals surface area contributed by atoms with Crippen LogP contribution in [0, 0.1) is 0 Å². The highest BCUT2D eigenvalue weighted by Crippen LogP contribution is 2.40. The lowest BCUT2D eigenvalue weighted by Gasteiger charge is -2.30. The van der Waals surface area contributed by atoms with Crippen LogP contribution in [0.15, 0.2) is 48.0 Å². The molecule has 0 heterocycles. The number of rotatable bonds is 3. The van der Waals surface area contributed by atoms with Crippen molar-refractivity contribution in [3.63, 3.8) is 0 Å². The van der Waals surface area contributed by atoms with E-state index in [1.165, 1.54) is 5.56 Å². The molecule has 0 radical (unpaired) electrons. The third-order valence-corrected chi connectivity index (χ3v) is 5.53. The van der Waals surface area contributed by atoms with Gasteiger partial charge in [-0.2, -0.15) is 0 Å². The summed E-state index contributed by atoms with van der Waals surface area (Å²) >= 11 is 12.4. The SMILES string of the molecule is CC(NC(=O)OC(C)(C)C)C1=Cc2ccccc2C(c2ccc(Cl)c(Cl)c2)C1. The van der Waals surface area contributed by atoms with Gasteiger partial charge < -0.3 is 10.1 Å². The highest BCUT2D eigenvalue weighted by Gasteiger charge is 2.27. The van der Waals surface area contributed by atoms with Crippen LogP contribution in [-0.4, -0.2) is 17.7 Å². The van der Waals surface area contributed by atoms with Crippen molar-refractivity contribution in [2.75, 3.05) is 0 Å². The Morgan fingerprint density at radius 1 is 1.14 bits per heavy atom. The van der Waals surface area contributed by atoms with Crippen LogP contribution in [0.4, 0.5) is 4.79 Å². The Morgan fingerprint density at radius 3 is 2.54 bits per heavy atom. The number of fused-ring (bicyclic) bond motifs is 1. The van der Waals surface area contributed by atoms with Gasteiger partial charge in [0.25, 0.3) is 0 Å². The maximum absolute atomic E-state index is 12.2. The smallest absolute Gasteiger partial charge is 0.408 e. The molecule has 3 rings (SSSR count). The second-order valence-corrected chi connectivity index (χ2v) is 8.96. The van der Waals surface area contributed by atoms with Crippen molar-refractivity contribution < 1.29 is 9.53 Å². The van der Waals surface area contributed by atoms with Crippen LogP contribution < -0.4 is 5.32 Å². The molecule has 2 aromatic rings. The first-order valence-corrected chi connectivity index (χ1v) is 10.1. The third-order valence-electron chi connectivity index (χ3n) is 4.79. The summed E-state index contributed by atoms with van der Waals surface area (Å²) < 4.78 is 5.40. The number of carbonyl (C=O) groups is 1. The minimum Gasteiger partial charge on any atom is -0.444 e. The fourth-order valence-electron chi connectivity index (χ4n) is 3.47. The molecule has 0 aromatic heterocycles. The van der Waals surface area contributed by atoms with E-state index in [1.54, 1.807) is 0 Å². The lowest BCUT2D eigenvalue weighted by Crippen LogP contribution is -2.39. The van der Waals surface area contributed by atoms with Gasteiger partial charge in [-0.1, -0.05) is 59.6 Å². The largest absolute Gasteiger partial charge is 0.444 e. The molecule has 1 aliphatic carbocycles. The molecular formula is C23H25Cl2NO2. The summed E-state index contributed by atoms with van der Waals surface area (Å²) in [4.78, 5) is 12.2. The van der Waals surface area contributed by atoms with Crippen LogP contribution in [0.3, 0.4) is 0 Å². The monoisotopic (exact) mass is 417 g/mol. The molecule has 28 heavy (non-hydrogen) atoms. The van der Waals surface area contributed by atoms with Crippen LogP contribution in [0.5, 0.6) is 0 Å². The van der Waals surface area contributed by atoms with Crippen LogP contribution in [0.2, 0.25) is 10.0 Å². The zero-order chi connectivity index (χ0) is 20.5.